The summed E-state index contributed by atoms with van der Waals surface area (Å²) in [5, 5.41) is 0. The van der Waals surface area contributed by atoms with Crippen LogP contribution in [0.5, 0.6) is 0 Å². The van der Waals surface area contributed by atoms with Gasteiger partial charge >= 0.3 is 0 Å². The van der Waals surface area contributed by atoms with Crippen LogP contribution in [0.1, 0.15) is 0 Å². The van der Waals surface area contributed by atoms with E-state index in [0.29, 0.717) is 0 Å². The van der Waals surface area contributed by atoms with E-state index in [4.69, 9.17) is 0 Å². The Kier molecular flexibility index (Phi) is 1.80. The third-order valence-corrected chi connectivity index (χ3v) is 1.21. The van der Waals surface area contributed by atoms with Crippen LogP contribution < -0.4 is 0 Å². The highest BCUT2D eigenvalue weighted by Crippen LogP contribution is 2.01. The van der Waals surface area contributed by atoms with Crippen LogP contribution in [0.25, 0.3) is 0 Å². The Morgan fingerprint density at radius 3 is 2.20 bits per heavy atom. The summed E-state index contributed by atoms with van der Waals surface area (Å²) >= 11 is 0. The summed E-state index contributed by atoms with van der Waals surface area (Å²) in [6.45, 7) is -0.816. The summed E-state index contributed by atoms with van der Waals surface area (Å²) in [4.78, 5) is 22.1. The van der Waals surface area contributed by atoms with Gasteiger partial charge in [0, 0.05) is 12.2 Å². The minimum absolute atomic E-state index is 0.134. The molecule has 4 heteroatoms. The Bertz CT molecular complexity index is 182. The Hall–Kier alpha value is -1.19. The lowest BCUT2D eigenvalue weighted by Crippen LogP contribution is -2.31. The zero-order valence-corrected chi connectivity index (χ0v) is 5.21. The lowest BCUT2D eigenvalue weighted by atomic mass is 10.5. The van der Waals surface area contributed by atoms with Crippen molar-refractivity contribution >= 4 is 11.8 Å². The van der Waals surface area contributed by atoms with Gasteiger partial charge in [0.25, 0.3) is 11.8 Å². The number of carbonyl (C=O) groups is 2. The first-order valence-electron chi connectivity index (χ1n) is 2.85. The molecule has 10 heavy (non-hydrogen) atoms. The number of hydrogen-bond donors (Lipinski definition) is 0. The highest BCUT2D eigenvalue weighted by atomic mass is 18.2. The number of imide groups is 1. The third-order valence-electron chi connectivity index (χ3n) is 1.21. The smallest absolute Gasteiger partial charge is 0.253 e. The first kappa shape index (κ1) is 6.92. The maximum absolute atomic E-state index is 11.6. The number of nitrogens with zero attached hydrogens (tertiary/aromatic N) is 1. The molecule has 0 saturated heterocycles. The molecule has 2 amide bonds. The van der Waals surface area contributed by atoms with Crippen molar-refractivity contribution in [1.29, 1.82) is 0 Å². The van der Waals surface area contributed by atoms with Crippen molar-refractivity contribution in [2.24, 2.45) is 0 Å². The molecule has 1 aliphatic rings. The second kappa shape index (κ2) is 2.60. The van der Waals surface area contributed by atoms with Crippen LogP contribution in [0.15, 0.2) is 12.2 Å². The topological polar surface area (TPSA) is 37.4 Å². The van der Waals surface area contributed by atoms with Crippen LogP contribution in [-0.2, 0) is 9.59 Å². The van der Waals surface area contributed by atoms with Crippen LogP contribution in [0.4, 0.5) is 4.39 Å². The molecule has 0 radical (unpaired) electrons. The fraction of sp³-hybridized carbons (Fsp3) is 0.333. The maximum Gasteiger partial charge on any atom is 0.253 e. The molecule has 1 heterocycles. The highest BCUT2D eigenvalue weighted by molar-refractivity contribution is 6.12. The molecule has 0 N–H and O–H groups in total. The Morgan fingerprint density at radius 2 is 1.80 bits per heavy atom. The molecule has 54 valence electrons. The van der Waals surface area contributed by atoms with Gasteiger partial charge in [-0.25, -0.2) is 4.39 Å². The monoisotopic (exact) mass is 142 g/mol. The molecule has 1 rings (SSSR count). The third kappa shape index (κ3) is 1.05. The molecule has 0 unspecified atom stereocenters. The molecule has 0 spiro atoms. The van der Waals surface area contributed by atoms with Crippen LogP contribution in [0.3, 0.4) is 0 Å². The molecule has 1 aliphatic heterocycles. The summed E-state index contributed by atoms with van der Waals surface area (Å²) in [6, 6.07) is 0. The van der Waals surface area contributed by atoms with Crippen LogP contribution in [0.2, 0.25) is 0 Å². The van der Waals surface area contributed by atoms with Crippen LogP contribution >= 0.6 is 0 Å². The van der Waals surface area contributed by atoms with Gasteiger partial charge < -0.3 is 0 Å². The van der Waals surface area contributed by atoms with Gasteiger partial charge in [-0.2, -0.15) is 0 Å². The number of rotatable bonds is 2. The number of amides is 2. The van der Waals surface area contributed by atoms with Crippen molar-refractivity contribution in [3.8, 4) is 0 Å². The number of alkyl halides is 1. The first-order valence-corrected chi connectivity index (χ1v) is 2.85. The SMILES string of the molecule is O=C1C=CC(=O)N1CC[18F]. The minimum Gasteiger partial charge on any atom is -0.273 e. The van der Waals surface area contributed by atoms with Gasteiger partial charge in [0.1, 0.15) is 6.67 Å². The summed E-state index contributed by atoms with van der Waals surface area (Å²) in [5.41, 5.74) is 0. The standard InChI is InChI=1S/C6H6FNO2/c7-3-4-8-5(9)1-2-6(8)10/h1-2H,3-4H2/i7-1. The number of carbonyl (C=O) groups excluding carboxylic acids is 2. The molecule has 0 atom stereocenters. The maximum atomic E-state index is 11.6. The normalized spacial score (nSPS) is 17.1. The molecule has 3 nitrogen and oxygen atoms in total. The van der Waals surface area contributed by atoms with E-state index in [9.17, 15) is 14.0 Å². The van der Waals surface area contributed by atoms with Gasteiger partial charge in [-0.3, -0.25) is 14.5 Å². The first-order chi connectivity index (χ1) is 4.75. The van der Waals surface area contributed by atoms with Crippen molar-refractivity contribution in [2.75, 3.05) is 13.2 Å². The molecule has 0 aromatic rings. The molecular weight excluding hydrogens is 136 g/mol. The predicted octanol–water partition coefficient (Wildman–Crippen LogP) is -0.119. The number of hydrogen-bond acceptors (Lipinski definition) is 2. The summed E-state index contributed by atoms with van der Waals surface area (Å²) in [5.74, 6) is -0.856. The summed E-state index contributed by atoms with van der Waals surface area (Å²) < 4.78 is 11.6. The van der Waals surface area contributed by atoms with Crippen molar-refractivity contribution in [3.05, 3.63) is 12.2 Å². The van der Waals surface area contributed by atoms with E-state index in [0.717, 1.165) is 17.1 Å². The van der Waals surface area contributed by atoms with Gasteiger partial charge in [0.05, 0.1) is 6.54 Å². The van der Waals surface area contributed by atoms with E-state index >= 15 is 0 Å². The van der Waals surface area contributed by atoms with E-state index in [-0.39, 0.29) is 6.54 Å². The van der Waals surface area contributed by atoms with E-state index in [2.05, 4.69) is 0 Å². The van der Waals surface area contributed by atoms with E-state index in [1.54, 1.807) is 0 Å². The van der Waals surface area contributed by atoms with E-state index in [1.165, 1.54) is 0 Å². The molecule has 0 aromatic heterocycles. The highest BCUT2D eigenvalue weighted by Gasteiger charge is 2.21. The Labute approximate surface area is 57.1 Å². The van der Waals surface area contributed by atoms with Gasteiger partial charge in [-0.15, -0.1) is 0 Å². The quantitative estimate of drug-likeness (QED) is 0.504. The van der Waals surface area contributed by atoms with Crippen LogP contribution in [-0.4, -0.2) is 29.9 Å². The average Bonchev–Trinajstić information content (AvgIpc) is 2.20. The molecular formula is C6H6FNO2. The second-order valence-electron chi connectivity index (χ2n) is 1.85. The lowest BCUT2D eigenvalue weighted by Gasteiger charge is -2.09. The van der Waals surface area contributed by atoms with Gasteiger partial charge in [0.2, 0.25) is 0 Å². The zero-order chi connectivity index (χ0) is 7.56. The van der Waals surface area contributed by atoms with Crippen molar-refractivity contribution in [2.45, 2.75) is 0 Å². The Balaban J connectivity index is 2.60. The average molecular weight is 142 g/mol. The fourth-order valence-electron chi connectivity index (χ4n) is 0.736. The molecule has 0 aliphatic carbocycles. The minimum atomic E-state index is -0.681. The molecule has 0 fully saturated rings. The second-order valence-corrected chi connectivity index (χ2v) is 1.85. The van der Waals surface area contributed by atoms with Crippen molar-refractivity contribution < 1.29 is 14.0 Å². The van der Waals surface area contributed by atoms with E-state index in [1.807, 2.05) is 0 Å². The Morgan fingerprint density at radius 1 is 1.30 bits per heavy atom. The molecule has 0 bridgehead atoms. The summed E-state index contributed by atoms with van der Waals surface area (Å²) in [7, 11) is 0. The van der Waals surface area contributed by atoms with Crippen molar-refractivity contribution in [1.82, 2.24) is 4.90 Å². The lowest BCUT2D eigenvalue weighted by molar-refractivity contribution is -0.136. The molecule has 0 aromatic carbocycles. The van der Waals surface area contributed by atoms with Gasteiger partial charge in [0.15, 0.2) is 0 Å². The van der Waals surface area contributed by atoms with Gasteiger partial charge in [-0.1, -0.05) is 0 Å². The largest absolute Gasteiger partial charge is 0.273 e. The number of halogens is 1. The van der Waals surface area contributed by atoms with Crippen LogP contribution in [0, 0.1) is 0 Å². The molecule has 0 saturated carbocycles. The summed E-state index contributed by atoms with van der Waals surface area (Å²) in [6.07, 6.45) is 2.27. The van der Waals surface area contributed by atoms with Gasteiger partial charge in [-0.05, 0) is 0 Å². The predicted molar refractivity (Wildman–Crippen MR) is 31.8 cm³/mol. The van der Waals surface area contributed by atoms with Crippen molar-refractivity contribution in [3.63, 3.8) is 0 Å². The van der Waals surface area contributed by atoms with E-state index < -0.39 is 18.5 Å². The fourth-order valence-corrected chi connectivity index (χ4v) is 0.736. The zero-order valence-electron chi connectivity index (χ0n) is 5.21.